The zero-order valence-electron chi connectivity index (χ0n) is 8.80. The minimum atomic E-state index is -0.0846. The van der Waals surface area contributed by atoms with Gasteiger partial charge < -0.3 is 5.11 Å². The van der Waals surface area contributed by atoms with Gasteiger partial charge in [0.05, 0.1) is 6.10 Å². The van der Waals surface area contributed by atoms with Gasteiger partial charge >= 0.3 is 0 Å². The molecule has 1 aliphatic rings. The third kappa shape index (κ3) is 2.01. The average molecular weight is 170 g/mol. The SMILES string of the molecule is CC(C)C1CCC(C)(C)C(O)C1. The third-order valence-corrected chi connectivity index (χ3v) is 3.53. The highest BCUT2D eigenvalue weighted by Crippen LogP contribution is 2.40. The van der Waals surface area contributed by atoms with E-state index < -0.39 is 0 Å². The molecule has 2 atom stereocenters. The van der Waals surface area contributed by atoms with Crippen LogP contribution in [-0.2, 0) is 0 Å². The van der Waals surface area contributed by atoms with Crippen LogP contribution < -0.4 is 0 Å². The maximum atomic E-state index is 9.86. The Morgan fingerprint density at radius 1 is 1.33 bits per heavy atom. The second-order valence-electron chi connectivity index (χ2n) is 5.28. The largest absolute Gasteiger partial charge is 0.393 e. The van der Waals surface area contributed by atoms with E-state index in [1.807, 2.05) is 0 Å². The molecule has 0 spiro atoms. The van der Waals surface area contributed by atoms with E-state index in [9.17, 15) is 5.11 Å². The summed E-state index contributed by atoms with van der Waals surface area (Å²) >= 11 is 0. The van der Waals surface area contributed by atoms with E-state index in [0.717, 1.165) is 18.3 Å². The number of aliphatic hydroxyl groups is 1. The minimum Gasteiger partial charge on any atom is -0.393 e. The highest BCUT2D eigenvalue weighted by Gasteiger charge is 2.35. The van der Waals surface area contributed by atoms with Gasteiger partial charge in [-0.15, -0.1) is 0 Å². The van der Waals surface area contributed by atoms with Crippen molar-refractivity contribution < 1.29 is 5.11 Å². The Bertz CT molecular complexity index is 149. The van der Waals surface area contributed by atoms with Crippen LogP contribution in [0.3, 0.4) is 0 Å². The summed E-state index contributed by atoms with van der Waals surface area (Å²) in [4.78, 5) is 0. The van der Waals surface area contributed by atoms with Crippen LogP contribution >= 0.6 is 0 Å². The Labute approximate surface area is 76.2 Å². The van der Waals surface area contributed by atoms with E-state index in [2.05, 4.69) is 27.7 Å². The maximum Gasteiger partial charge on any atom is 0.0593 e. The quantitative estimate of drug-likeness (QED) is 0.641. The zero-order chi connectivity index (χ0) is 9.35. The highest BCUT2D eigenvalue weighted by molar-refractivity contribution is 4.86. The second-order valence-corrected chi connectivity index (χ2v) is 5.28. The van der Waals surface area contributed by atoms with Crippen LogP contribution in [0.5, 0.6) is 0 Å². The van der Waals surface area contributed by atoms with Crippen molar-refractivity contribution in [3.05, 3.63) is 0 Å². The molecule has 0 amide bonds. The molecule has 1 N–H and O–H groups in total. The first-order valence-electron chi connectivity index (χ1n) is 5.11. The van der Waals surface area contributed by atoms with Gasteiger partial charge in [0.1, 0.15) is 0 Å². The van der Waals surface area contributed by atoms with Gasteiger partial charge in [0.2, 0.25) is 0 Å². The van der Waals surface area contributed by atoms with E-state index in [0.29, 0.717) is 0 Å². The lowest BCUT2D eigenvalue weighted by molar-refractivity contribution is -0.0171. The van der Waals surface area contributed by atoms with Crippen LogP contribution in [0.1, 0.15) is 47.0 Å². The van der Waals surface area contributed by atoms with Crippen molar-refractivity contribution in [2.24, 2.45) is 17.3 Å². The molecule has 0 aromatic carbocycles. The van der Waals surface area contributed by atoms with Crippen molar-refractivity contribution in [1.29, 1.82) is 0 Å². The lowest BCUT2D eigenvalue weighted by Gasteiger charge is -2.40. The van der Waals surface area contributed by atoms with E-state index in [1.165, 1.54) is 12.8 Å². The van der Waals surface area contributed by atoms with Gasteiger partial charge in [-0.1, -0.05) is 27.7 Å². The lowest BCUT2D eigenvalue weighted by atomic mass is 9.68. The molecular formula is C11H22O. The van der Waals surface area contributed by atoms with Crippen LogP contribution in [0.4, 0.5) is 0 Å². The fourth-order valence-corrected chi connectivity index (χ4v) is 2.05. The van der Waals surface area contributed by atoms with Crippen LogP contribution in [0.15, 0.2) is 0 Å². The molecule has 12 heavy (non-hydrogen) atoms. The van der Waals surface area contributed by atoms with Gasteiger partial charge in [-0.25, -0.2) is 0 Å². The predicted molar refractivity (Wildman–Crippen MR) is 52.0 cm³/mol. The molecule has 0 heterocycles. The summed E-state index contributed by atoms with van der Waals surface area (Å²) in [6.07, 6.45) is 3.39. The van der Waals surface area contributed by atoms with Gasteiger partial charge in [-0.3, -0.25) is 0 Å². The highest BCUT2D eigenvalue weighted by atomic mass is 16.3. The topological polar surface area (TPSA) is 20.2 Å². The van der Waals surface area contributed by atoms with Crippen molar-refractivity contribution >= 4 is 0 Å². The summed E-state index contributed by atoms with van der Waals surface area (Å²) < 4.78 is 0. The Kier molecular flexibility index (Phi) is 2.82. The molecule has 0 aromatic heterocycles. The molecule has 0 aliphatic heterocycles. The Hall–Kier alpha value is -0.0400. The molecule has 1 aliphatic carbocycles. The first kappa shape index (κ1) is 10.0. The monoisotopic (exact) mass is 170 g/mol. The van der Waals surface area contributed by atoms with Crippen LogP contribution in [0, 0.1) is 17.3 Å². The van der Waals surface area contributed by atoms with Crippen LogP contribution in [0.2, 0.25) is 0 Å². The summed E-state index contributed by atoms with van der Waals surface area (Å²) in [6.45, 7) is 8.87. The number of rotatable bonds is 1. The summed E-state index contributed by atoms with van der Waals surface area (Å²) in [7, 11) is 0. The molecule has 1 fully saturated rings. The first-order valence-corrected chi connectivity index (χ1v) is 5.11. The number of hydrogen-bond acceptors (Lipinski definition) is 1. The van der Waals surface area contributed by atoms with Crippen molar-refractivity contribution in [2.45, 2.75) is 53.1 Å². The number of hydrogen-bond donors (Lipinski definition) is 1. The molecule has 1 heteroatoms. The molecule has 1 saturated carbocycles. The molecule has 72 valence electrons. The van der Waals surface area contributed by atoms with E-state index in [1.54, 1.807) is 0 Å². The van der Waals surface area contributed by atoms with Gasteiger partial charge in [-0.2, -0.15) is 0 Å². The molecule has 0 bridgehead atoms. The molecule has 1 nitrogen and oxygen atoms in total. The summed E-state index contributed by atoms with van der Waals surface area (Å²) in [5, 5.41) is 9.86. The van der Waals surface area contributed by atoms with Crippen molar-refractivity contribution in [1.82, 2.24) is 0 Å². The van der Waals surface area contributed by atoms with Crippen molar-refractivity contribution in [2.75, 3.05) is 0 Å². The van der Waals surface area contributed by atoms with Crippen molar-refractivity contribution in [3.8, 4) is 0 Å². The predicted octanol–water partition coefficient (Wildman–Crippen LogP) is 2.83. The number of aliphatic hydroxyl groups excluding tert-OH is 1. The molecular weight excluding hydrogens is 148 g/mol. The first-order chi connectivity index (χ1) is 5.43. The fraction of sp³-hybridized carbons (Fsp3) is 1.00. The zero-order valence-corrected chi connectivity index (χ0v) is 8.80. The maximum absolute atomic E-state index is 9.86. The van der Waals surface area contributed by atoms with Crippen LogP contribution in [0.25, 0.3) is 0 Å². The molecule has 1 rings (SSSR count). The molecule has 0 radical (unpaired) electrons. The van der Waals surface area contributed by atoms with E-state index in [4.69, 9.17) is 0 Å². The average Bonchev–Trinajstić information content (AvgIpc) is 1.94. The minimum absolute atomic E-state index is 0.0846. The summed E-state index contributed by atoms with van der Waals surface area (Å²) in [5.41, 5.74) is 0.158. The van der Waals surface area contributed by atoms with Gasteiger partial charge in [0.15, 0.2) is 0 Å². The Balaban J connectivity index is 2.52. The van der Waals surface area contributed by atoms with Gasteiger partial charge in [0, 0.05) is 0 Å². The molecule has 2 unspecified atom stereocenters. The summed E-state index contributed by atoms with van der Waals surface area (Å²) in [6, 6.07) is 0. The van der Waals surface area contributed by atoms with Gasteiger partial charge in [-0.05, 0) is 36.5 Å². The third-order valence-electron chi connectivity index (χ3n) is 3.53. The molecule has 0 saturated heterocycles. The Morgan fingerprint density at radius 2 is 1.92 bits per heavy atom. The second kappa shape index (κ2) is 3.37. The van der Waals surface area contributed by atoms with E-state index in [-0.39, 0.29) is 11.5 Å². The normalized spacial score (nSPS) is 35.5. The van der Waals surface area contributed by atoms with Crippen LogP contribution in [-0.4, -0.2) is 11.2 Å². The smallest absolute Gasteiger partial charge is 0.0593 e. The Morgan fingerprint density at radius 3 is 2.33 bits per heavy atom. The standard InChI is InChI=1S/C11H22O/c1-8(2)9-5-6-11(3,4)10(12)7-9/h8-10,12H,5-7H2,1-4H3. The molecule has 0 aromatic rings. The lowest BCUT2D eigenvalue weighted by Crippen LogP contribution is -2.37. The van der Waals surface area contributed by atoms with Crippen molar-refractivity contribution in [3.63, 3.8) is 0 Å². The fourth-order valence-electron chi connectivity index (χ4n) is 2.05. The van der Waals surface area contributed by atoms with Gasteiger partial charge in [0.25, 0.3) is 0 Å². The summed E-state index contributed by atoms with van der Waals surface area (Å²) in [5.74, 6) is 1.48. The van der Waals surface area contributed by atoms with E-state index >= 15 is 0 Å².